The summed E-state index contributed by atoms with van der Waals surface area (Å²) in [7, 11) is 0. The van der Waals surface area contributed by atoms with Gasteiger partial charge in [-0.15, -0.1) is 0 Å². The van der Waals surface area contributed by atoms with Crippen LogP contribution in [0.4, 0.5) is 5.69 Å². The molecule has 0 aliphatic heterocycles. The second kappa shape index (κ2) is 6.28. The number of benzene rings is 2. The van der Waals surface area contributed by atoms with Crippen molar-refractivity contribution in [1.29, 1.82) is 5.26 Å². The Hall–Kier alpha value is -2.86. The molecule has 1 N–H and O–H groups in total. The molecule has 1 atom stereocenters. The highest BCUT2D eigenvalue weighted by molar-refractivity contribution is 5.94. The number of anilines is 1. The van der Waals surface area contributed by atoms with E-state index in [0.29, 0.717) is 5.56 Å². The van der Waals surface area contributed by atoms with Crippen LogP contribution in [0.15, 0.2) is 60.8 Å². The van der Waals surface area contributed by atoms with Gasteiger partial charge in [0.2, 0.25) is 0 Å². The summed E-state index contributed by atoms with van der Waals surface area (Å²) < 4.78 is 0. The lowest BCUT2D eigenvalue weighted by atomic mass is 10.0. The Morgan fingerprint density at radius 3 is 2.55 bits per heavy atom. The predicted octanol–water partition coefficient (Wildman–Crippen LogP) is 4.67. The molecule has 1 unspecified atom stereocenters. The maximum absolute atomic E-state index is 9.40. The molecule has 0 amide bonds. The van der Waals surface area contributed by atoms with Gasteiger partial charge in [0.25, 0.3) is 0 Å². The van der Waals surface area contributed by atoms with Crippen LogP contribution >= 0.6 is 0 Å². The minimum Gasteiger partial charge on any atom is -0.377 e. The summed E-state index contributed by atoms with van der Waals surface area (Å²) in [6, 6.07) is 20.6. The molecule has 0 saturated carbocycles. The molecular weight excluding hydrogens is 270 g/mol. The second-order valence-corrected chi connectivity index (χ2v) is 5.19. The average Bonchev–Trinajstić information content (AvgIpc) is 2.60. The molecule has 3 heteroatoms. The largest absolute Gasteiger partial charge is 0.377 e. The molecule has 0 aliphatic carbocycles. The van der Waals surface area contributed by atoms with Crippen LogP contribution in [0.2, 0.25) is 0 Å². The Bertz CT molecular complexity index is 819. The molecule has 0 fully saturated rings. The van der Waals surface area contributed by atoms with Crippen molar-refractivity contribution in [3.63, 3.8) is 0 Å². The van der Waals surface area contributed by atoms with Crippen LogP contribution in [0.5, 0.6) is 0 Å². The third-order valence-corrected chi connectivity index (χ3v) is 3.82. The van der Waals surface area contributed by atoms with Gasteiger partial charge in [0.05, 0.1) is 22.8 Å². The highest BCUT2D eigenvalue weighted by Gasteiger charge is 2.14. The number of rotatable bonds is 4. The number of hydrogen-bond donors (Lipinski definition) is 1. The van der Waals surface area contributed by atoms with Gasteiger partial charge < -0.3 is 5.32 Å². The lowest BCUT2D eigenvalue weighted by Gasteiger charge is -2.20. The van der Waals surface area contributed by atoms with Crippen LogP contribution in [0.1, 0.15) is 30.5 Å². The first-order valence-corrected chi connectivity index (χ1v) is 7.42. The Morgan fingerprint density at radius 2 is 1.82 bits per heavy atom. The van der Waals surface area contributed by atoms with Gasteiger partial charge in [-0.25, -0.2) is 0 Å². The number of fused-ring (bicyclic) bond motifs is 1. The first-order valence-electron chi connectivity index (χ1n) is 7.42. The maximum Gasteiger partial charge on any atom is 0.103 e. The molecule has 1 aromatic heterocycles. The first-order chi connectivity index (χ1) is 10.8. The zero-order valence-electron chi connectivity index (χ0n) is 12.5. The third-order valence-electron chi connectivity index (χ3n) is 3.82. The molecule has 22 heavy (non-hydrogen) atoms. The van der Waals surface area contributed by atoms with E-state index < -0.39 is 0 Å². The van der Waals surface area contributed by atoms with E-state index in [1.54, 1.807) is 6.20 Å². The number of nitrogens with one attached hydrogen (secondary N) is 1. The van der Waals surface area contributed by atoms with Gasteiger partial charge in [-0.1, -0.05) is 55.5 Å². The Balaban J connectivity index is 2.07. The quantitative estimate of drug-likeness (QED) is 0.758. The van der Waals surface area contributed by atoms with E-state index in [2.05, 4.69) is 35.4 Å². The van der Waals surface area contributed by atoms with Crippen LogP contribution in [-0.4, -0.2) is 4.98 Å². The van der Waals surface area contributed by atoms with E-state index in [1.165, 1.54) is 5.56 Å². The average molecular weight is 287 g/mol. The molecule has 1 heterocycles. The monoisotopic (exact) mass is 287 g/mol. The van der Waals surface area contributed by atoms with Crippen molar-refractivity contribution in [2.24, 2.45) is 0 Å². The third kappa shape index (κ3) is 2.64. The second-order valence-electron chi connectivity index (χ2n) is 5.19. The zero-order chi connectivity index (χ0) is 15.4. The molecule has 3 nitrogen and oxygen atoms in total. The van der Waals surface area contributed by atoms with E-state index in [1.807, 2.05) is 42.5 Å². The van der Waals surface area contributed by atoms with Crippen molar-refractivity contribution < 1.29 is 0 Å². The summed E-state index contributed by atoms with van der Waals surface area (Å²) in [5.41, 5.74) is 3.55. The number of para-hydroxylation sites is 1. The van der Waals surface area contributed by atoms with Gasteiger partial charge in [0, 0.05) is 11.6 Å². The topological polar surface area (TPSA) is 48.7 Å². The van der Waals surface area contributed by atoms with Gasteiger partial charge in [0.1, 0.15) is 6.07 Å². The number of pyridine rings is 1. The SMILES string of the molecule is CCC(Nc1c(C#N)cnc2ccccc12)c1ccccc1. The molecule has 0 aliphatic rings. The van der Waals surface area contributed by atoms with Gasteiger partial charge in [-0.3, -0.25) is 4.98 Å². The van der Waals surface area contributed by atoms with E-state index in [4.69, 9.17) is 0 Å². The Labute approximate surface area is 130 Å². The predicted molar refractivity (Wildman–Crippen MR) is 89.6 cm³/mol. The van der Waals surface area contributed by atoms with Crippen molar-refractivity contribution in [2.45, 2.75) is 19.4 Å². The number of hydrogen-bond acceptors (Lipinski definition) is 3. The van der Waals surface area contributed by atoms with E-state index in [0.717, 1.165) is 23.0 Å². The molecular formula is C19H17N3. The number of nitriles is 1. The van der Waals surface area contributed by atoms with Gasteiger partial charge in [0.15, 0.2) is 0 Å². The number of aromatic nitrogens is 1. The summed E-state index contributed by atoms with van der Waals surface area (Å²) in [4.78, 5) is 4.36. The fraction of sp³-hybridized carbons (Fsp3) is 0.158. The molecule has 2 aromatic carbocycles. The summed E-state index contributed by atoms with van der Waals surface area (Å²) in [6.45, 7) is 2.14. The summed E-state index contributed by atoms with van der Waals surface area (Å²) >= 11 is 0. The lowest BCUT2D eigenvalue weighted by molar-refractivity contribution is 0.750. The highest BCUT2D eigenvalue weighted by Crippen LogP contribution is 2.30. The molecule has 0 bridgehead atoms. The molecule has 0 spiro atoms. The standard InChI is InChI=1S/C19H17N3/c1-2-17(14-8-4-3-5-9-14)22-19-15(12-20)13-21-18-11-7-6-10-16(18)19/h3-11,13,17H,2H2,1H3,(H,21,22). The maximum atomic E-state index is 9.40. The van der Waals surface area contributed by atoms with Gasteiger partial charge in [-0.05, 0) is 18.1 Å². The van der Waals surface area contributed by atoms with E-state index >= 15 is 0 Å². The molecule has 3 rings (SSSR count). The van der Waals surface area contributed by atoms with Crippen LogP contribution in [0.3, 0.4) is 0 Å². The van der Waals surface area contributed by atoms with Gasteiger partial charge >= 0.3 is 0 Å². The van der Waals surface area contributed by atoms with Crippen molar-refractivity contribution in [2.75, 3.05) is 5.32 Å². The summed E-state index contributed by atoms with van der Waals surface area (Å²) in [6.07, 6.45) is 2.58. The molecule has 0 radical (unpaired) electrons. The van der Waals surface area contributed by atoms with Gasteiger partial charge in [-0.2, -0.15) is 5.26 Å². The lowest BCUT2D eigenvalue weighted by Crippen LogP contribution is -2.11. The fourth-order valence-corrected chi connectivity index (χ4v) is 2.66. The molecule has 3 aromatic rings. The first kappa shape index (κ1) is 14.1. The van der Waals surface area contributed by atoms with Crippen LogP contribution in [0, 0.1) is 11.3 Å². The minimum atomic E-state index is 0.166. The van der Waals surface area contributed by atoms with E-state index in [-0.39, 0.29) is 6.04 Å². The van der Waals surface area contributed by atoms with Crippen LogP contribution in [0.25, 0.3) is 10.9 Å². The van der Waals surface area contributed by atoms with Crippen LogP contribution in [-0.2, 0) is 0 Å². The summed E-state index contributed by atoms with van der Waals surface area (Å²) in [5, 5.41) is 13.9. The van der Waals surface area contributed by atoms with Crippen molar-refractivity contribution in [3.8, 4) is 6.07 Å². The van der Waals surface area contributed by atoms with Crippen molar-refractivity contribution >= 4 is 16.6 Å². The minimum absolute atomic E-state index is 0.166. The smallest absolute Gasteiger partial charge is 0.103 e. The van der Waals surface area contributed by atoms with Crippen LogP contribution < -0.4 is 5.32 Å². The Kier molecular flexibility index (Phi) is 4.02. The fourth-order valence-electron chi connectivity index (χ4n) is 2.66. The zero-order valence-corrected chi connectivity index (χ0v) is 12.5. The normalized spacial score (nSPS) is 11.8. The Morgan fingerprint density at radius 1 is 1.09 bits per heavy atom. The molecule has 0 saturated heterocycles. The van der Waals surface area contributed by atoms with E-state index in [9.17, 15) is 5.26 Å². The van der Waals surface area contributed by atoms with Crippen molar-refractivity contribution in [1.82, 2.24) is 4.98 Å². The summed E-state index contributed by atoms with van der Waals surface area (Å²) in [5.74, 6) is 0. The highest BCUT2D eigenvalue weighted by atomic mass is 14.9. The molecule has 108 valence electrons. The number of nitrogens with zero attached hydrogens (tertiary/aromatic N) is 2. The van der Waals surface area contributed by atoms with Crippen molar-refractivity contribution in [3.05, 3.63) is 71.9 Å².